The van der Waals surface area contributed by atoms with Gasteiger partial charge in [-0.05, 0) is 74.2 Å². The van der Waals surface area contributed by atoms with Crippen LogP contribution in [0.25, 0.3) is 5.65 Å². The molecule has 0 unspecified atom stereocenters. The molecule has 5 rings (SSSR count). The smallest absolute Gasteiger partial charge is 0.270 e. The Bertz CT molecular complexity index is 1390. The van der Waals surface area contributed by atoms with Crippen LogP contribution in [-0.2, 0) is 18.6 Å². The van der Waals surface area contributed by atoms with Gasteiger partial charge in [-0.15, -0.1) is 0 Å². The topological polar surface area (TPSA) is 52.9 Å². The summed E-state index contributed by atoms with van der Waals surface area (Å²) in [5, 5.41) is 3.07. The highest BCUT2D eigenvalue weighted by molar-refractivity contribution is 5.94. The first-order chi connectivity index (χ1) is 18.3. The molecule has 4 aromatic rings. The molecule has 3 heterocycles. The predicted octanol–water partition coefficient (Wildman–Crippen LogP) is 5.75. The first-order valence-electron chi connectivity index (χ1n) is 13.5. The van der Waals surface area contributed by atoms with Crippen molar-refractivity contribution >= 4 is 22.9 Å². The monoisotopic (exact) mass is 513 g/mol. The van der Waals surface area contributed by atoms with Gasteiger partial charge in [0.15, 0.2) is 0 Å². The molecule has 0 spiro atoms. The largest absolute Gasteiger partial charge is 0.370 e. The summed E-state index contributed by atoms with van der Waals surface area (Å²) in [4.78, 5) is 22.4. The molecular formula is C31H36FN5O. The number of aromatic nitrogens is 2. The van der Waals surface area contributed by atoms with Gasteiger partial charge in [-0.2, -0.15) is 0 Å². The number of aryl methyl sites for hydroxylation is 1. The molecule has 1 saturated heterocycles. The molecule has 0 aliphatic carbocycles. The first kappa shape index (κ1) is 25.8. The molecule has 2 aromatic carbocycles. The van der Waals surface area contributed by atoms with Gasteiger partial charge in [0.25, 0.3) is 5.91 Å². The molecule has 7 heteroatoms. The Morgan fingerprint density at radius 2 is 1.55 bits per heavy atom. The van der Waals surface area contributed by atoms with Crippen LogP contribution in [0.15, 0.2) is 72.9 Å². The molecule has 1 aliphatic rings. The quantitative estimate of drug-likeness (QED) is 0.342. The van der Waals surface area contributed by atoms with Crippen LogP contribution in [0, 0.1) is 0 Å². The SMILES string of the molecule is CCc1nc2ccccn2c1C(=O)NCc1ccc(N2CCCN(c3ccc(C(C)(C)F)cc3)CC2)cc1. The molecule has 6 nitrogen and oxygen atoms in total. The molecular weight excluding hydrogens is 477 g/mol. The number of carbonyl (C=O) groups is 1. The van der Waals surface area contributed by atoms with Crippen molar-refractivity contribution in [2.45, 2.75) is 45.8 Å². The standard InChI is InChI=1S/C31H36FN5O/c1-4-27-29(37-19-6-5-8-28(37)34-27)30(38)33-22-23-9-13-25(14-10-23)35-17-7-18-36(21-20-35)26-15-11-24(12-16-26)31(2,3)32/h5-6,8-16,19H,4,7,17-18,20-22H2,1-3H3,(H,33,38). The number of rotatable bonds is 7. The van der Waals surface area contributed by atoms with Crippen molar-refractivity contribution in [2.24, 2.45) is 0 Å². The van der Waals surface area contributed by atoms with Crippen molar-refractivity contribution in [3.05, 3.63) is 95.4 Å². The highest BCUT2D eigenvalue weighted by atomic mass is 19.1. The fourth-order valence-electron chi connectivity index (χ4n) is 5.12. The van der Waals surface area contributed by atoms with Crippen LogP contribution in [0.3, 0.4) is 0 Å². The van der Waals surface area contributed by atoms with E-state index in [-0.39, 0.29) is 5.91 Å². The zero-order valence-corrected chi connectivity index (χ0v) is 22.5. The van der Waals surface area contributed by atoms with Crippen molar-refractivity contribution in [1.29, 1.82) is 0 Å². The van der Waals surface area contributed by atoms with Gasteiger partial charge in [0.2, 0.25) is 0 Å². The number of anilines is 2. The van der Waals surface area contributed by atoms with Crippen molar-refractivity contribution in [3.8, 4) is 0 Å². The van der Waals surface area contributed by atoms with E-state index in [0.29, 0.717) is 24.2 Å². The third-order valence-corrected chi connectivity index (χ3v) is 7.32. The summed E-state index contributed by atoms with van der Waals surface area (Å²) < 4.78 is 16.1. The number of halogens is 1. The number of hydrogen-bond acceptors (Lipinski definition) is 4. The molecule has 1 amide bonds. The molecule has 2 aromatic heterocycles. The Hall–Kier alpha value is -3.87. The summed E-state index contributed by atoms with van der Waals surface area (Å²) >= 11 is 0. The van der Waals surface area contributed by atoms with Crippen molar-refractivity contribution < 1.29 is 9.18 Å². The van der Waals surface area contributed by atoms with Crippen LogP contribution in [0.5, 0.6) is 0 Å². The van der Waals surface area contributed by atoms with Crippen molar-refractivity contribution in [2.75, 3.05) is 36.0 Å². The molecule has 1 N–H and O–H groups in total. The van der Waals surface area contributed by atoms with Crippen LogP contribution in [-0.4, -0.2) is 41.5 Å². The maximum Gasteiger partial charge on any atom is 0.270 e. The summed E-state index contributed by atoms with van der Waals surface area (Å²) in [5.41, 5.74) is 4.97. The molecule has 198 valence electrons. The lowest BCUT2D eigenvalue weighted by Crippen LogP contribution is -2.30. The molecule has 0 atom stereocenters. The van der Waals surface area contributed by atoms with Gasteiger partial charge in [0.05, 0.1) is 5.69 Å². The number of carbonyl (C=O) groups excluding carboxylic acids is 1. The fourth-order valence-corrected chi connectivity index (χ4v) is 5.12. The summed E-state index contributed by atoms with van der Waals surface area (Å²) in [5.74, 6) is -0.111. The molecule has 0 radical (unpaired) electrons. The van der Waals surface area contributed by atoms with Gasteiger partial charge in [0, 0.05) is 50.3 Å². The second kappa shape index (κ2) is 10.9. The minimum Gasteiger partial charge on any atom is -0.370 e. The highest BCUT2D eigenvalue weighted by Crippen LogP contribution is 2.27. The number of benzene rings is 2. The Morgan fingerprint density at radius 3 is 2.16 bits per heavy atom. The van der Waals surface area contributed by atoms with Crippen LogP contribution < -0.4 is 15.1 Å². The number of fused-ring (bicyclic) bond motifs is 1. The third-order valence-electron chi connectivity index (χ3n) is 7.32. The Morgan fingerprint density at radius 1 is 0.921 bits per heavy atom. The minimum absolute atomic E-state index is 0.111. The predicted molar refractivity (Wildman–Crippen MR) is 152 cm³/mol. The van der Waals surface area contributed by atoms with Crippen LogP contribution in [0.1, 0.15) is 54.5 Å². The van der Waals surface area contributed by atoms with Crippen LogP contribution in [0.4, 0.5) is 15.8 Å². The first-order valence-corrected chi connectivity index (χ1v) is 13.5. The van der Waals surface area contributed by atoms with Gasteiger partial charge >= 0.3 is 0 Å². The van der Waals surface area contributed by atoms with Gasteiger partial charge in [-0.1, -0.05) is 37.3 Å². The maximum absolute atomic E-state index is 14.2. The second-order valence-corrected chi connectivity index (χ2v) is 10.4. The van der Waals surface area contributed by atoms with Gasteiger partial charge in [-0.3, -0.25) is 9.20 Å². The zero-order chi connectivity index (χ0) is 26.7. The highest BCUT2D eigenvalue weighted by Gasteiger charge is 2.21. The van der Waals surface area contributed by atoms with Gasteiger partial charge in [-0.25, -0.2) is 9.37 Å². The number of nitrogens with one attached hydrogen (secondary N) is 1. The van der Waals surface area contributed by atoms with Crippen molar-refractivity contribution in [1.82, 2.24) is 14.7 Å². The van der Waals surface area contributed by atoms with Gasteiger partial charge < -0.3 is 15.1 Å². The van der Waals surface area contributed by atoms with Crippen molar-refractivity contribution in [3.63, 3.8) is 0 Å². The lowest BCUT2D eigenvalue weighted by Gasteiger charge is -2.25. The van der Waals surface area contributed by atoms with E-state index in [4.69, 9.17) is 0 Å². The molecule has 1 fully saturated rings. The van der Waals surface area contributed by atoms with Crippen LogP contribution in [0.2, 0.25) is 0 Å². The van der Waals surface area contributed by atoms with E-state index in [1.54, 1.807) is 13.8 Å². The molecule has 0 saturated carbocycles. The average Bonchev–Trinajstić information content (AvgIpc) is 3.13. The molecule has 0 bridgehead atoms. The maximum atomic E-state index is 14.2. The summed E-state index contributed by atoms with van der Waals surface area (Å²) in [7, 11) is 0. The van der Waals surface area contributed by atoms with E-state index in [9.17, 15) is 9.18 Å². The summed E-state index contributed by atoms with van der Waals surface area (Å²) in [6.45, 7) is 9.45. The number of amides is 1. The number of imidazole rings is 1. The van der Waals surface area contributed by atoms with E-state index in [2.05, 4.69) is 44.4 Å². The van der Waals surface area contributed by atoms with Crippen LogP contribution >= 0.6 is 0 Å². The normalized spacial score (nSPS) is 14.5. The second-order valence-electron chi connectivity index (χ2n) is 10.4. The summed E-state index contributed by atoms with van der Waals surface area (Å²) in [6, 6.07) is 22.1. The molecule has 1 aliphatic heterocycles. The van der Waals surface area contributed by atoms with Gasteiger partial charge in [0.1, 0.15) is 17.0 Å². The Kier molecular flexibility index (Phi) is 7.36. The number of pyridine rings is 1. The lowest BCUT2D eigenvalue weighted by molar-refractivity contribution is 0.0944. The number of nitrogens with zero attached hydrogens (tertiary/aromatic N) is 4. The average molecular weight is 514 g/mol. The van der Waals surface area contributed by atoms with E-state index >= 15 is 0 Å². The van der Waals surface area contributed by atoms with E-state index in [1.807, 2.05) is 60.0 Å². The number of alkyl halides is 1. The Balaban J connectivity index is 1.19. The van der Waals surface area contributed by atoms with E-state index in [0.717, 1.165) is 55.2 Å². The zero-order valence-electron chi connectivity index (χ0n) is 22.5. The third kappa shape index (κ3) is 5.52. The Labute approximate surface area is 224 Å². The lowest BCUT2D eigenvalue weighted by atomic mass is 10.00. The minimum atomic E-state index is -1.32. The summed E-state index contributed by atoms with van der Waals surface area (Å²) in [6.07, 6.45) is 3.63. The van der Waals surface area contributed by atoms with E-state index in [1.165, 1.54) is 5.69 Å². The molecule has 38 heavy (non-hydrogen) atoms. The number of hydrogen-bond donors (Lipinski definition) is 1. The van der Waals surface area contributed by atoms with E-state index < -0.39 is 5.67 Å². The fraction of sp³-hybridized carbons (Fsp3) is 0.355.